The minimum absolute atomic E-state index is 0.0774. The maximum Gasteiger partial charge on any atom is 0.325 e. The van der Waals surface area contributed by atoms with Crippen molar-refractivity contribution >= 4 is 52.6 Å². The number of alkyl halides is 3. The molecule has 1 saturated heterocycles. The van der Waals surface area contributed by atoms with Gasteiger partial charge >= 0.3 is 5.97 Å². The number of halogens is 3. The number of carbonyl (C=O) groups excluding carboxylic acids is 3. The Hall–Kier alpha value is -0.800. The predicted octanol–water partition coefficient (Wildman–Crippen LogP) is 0.449. The van der Waals surface area contributed by atoms with Gasteiger partial charge in [-0.1, -0.05) is 48.7 Å². The van der Waals surface area contributed by atoms with Crippen molar-refractivity contribution in [3.8, 4) is 0 Å². The van der Waals surface area contributed by atoms with Crippen molar-refractivity contribution in [1.82, 2.24) is 20.9 Å². The van der Waals surface area contributed by atoms with Crippen LogP contribution in [0.4, 0.5) is 0 Å². The number of ether oxygens (including phenoxy) is 1. The minimum Gasteiger partial charge on any atom is -0.460 e. The molecule has 0 bridgehead atoms. The summed E-state index contributed by atoms with van der Waals surface area (Å²) in [5, 5.41) is 8.62. The Morgan fingerprint density at radius 3 is 2.41 bits per heavy atom. The number of rotatable bonds is 7. The Bertz CT molecular complexity index is 542. The first-order chi connectivity index (χ1) is 12.5. The summed E-state index contributed by atoms with van der Waals surface area (Å²) in [6.45, 7) is 5.99. The molecule has 0 aromatic heterocycles. The molecule has 0 aromatic carbocycles. The second kappa shape index (κ2) is 10.7. The van der Waals surface area contributed by atoms with Crippen molar-refractivity contribution in [3.63, 3.8) is 0 Å². The quantitative estimate of drug-likeness (QED) is 0.389. The van der Waals surface area contributed by atoms with Gasteiger partial charge in [0.25, 0.3) is 0 Å². The number of nitrogens with zero attached hydrogens (tertiary/aromatic N) is 1. The second-order valence-electron chi connectivity index (χ2n) is 6.75. The zero-order valence-corrected chi connectivity index (χ0v) is 18.1. The molecule has 3 N–H and O–H groups in total. The number of hydrogen-bond acceptors (Lipinski definition) is 6. The maximum atomic E-state index is 12.6. The fourth-order valence-corrected chi connectivity index (χ4v) is 2.93. The van der Waals surface area contributed by atoms with Crippen molar-refractivity contribution in [2.24, 2.45) is 5.92 Å². The van der Waals surface area contributed by atoms with Crippen LogP contribution in [0.3, 0.4) is 0 Å². The average molecular weight is 446 g/mol. The van der Waals surface area contributed by atoms with Crippen LogP contribution >= 0.6 is 34.8 Å². The topological polar surface area (TPSA) is 99.8 Å². The largest absolute Gasteiger partial charge is 0.460 e. The van der Waals surface area contributed by atoms with Gasteiger partial charge in [0.15, 0.2) is 0 Å². The fraction of sp³-hybridized carbons (Fsp3) is 0.812. The Labute approximate surface area is 174 Å². The third kappa shape index (κ3) is 7.99. The van der Waals surface area contributed by atoms with Gasteiger partial charge in [-0.25, -0.2) is 0 Å². The fourth-order valence-electron chi connectivity index (χ4n) is 2.77. The highest BCUT2D eigenvalue weighted by Crippen LogP contribution is 2.26. The van der Waals surface area contributed by atoms with Crippen LogP contribution in [0, 0.1) is 5.92 Å². The summed E-state index contributed by atoms with van der Waals surface area (Å²) in [6, 6.07) is -1.84. The van der Waals surface area contributed by atoms with Crippen molar-refractivity contribution in [1.29, 1.82) is 0 Å². The smallest absolute Gasteiger partial charge is 0.325 e. The third-order valence-corrected chi connectivity index (χ3v) is 4.47. The summed E-state index contributed by atoms with van der Waals surface area (Å²) >= 11 is 16.7. The van der Waals surface area contributed by atoms with Gasteiger partial charge < -0.3 is 25.6 Å². The molecule has 1 heterocycles. The highest BCUT2D eigenvalue weighted by atomic mass is 35.6. The third-order valence-electron chi connectivity index (χ3n) is 4.14. The van der Waals surface area contributed by atoms with Gasteiger partial charge in [0.05, 0.1) is 6.04 Å². The molecule has 1 rings (SSSR count). The number of carbonyl (C=O) groups is 3. The summed E-state index contributed by atoms with van der Waals surface area (Å²) in [4.78, 5) is 38.5. The molecule has 1 fully saturated rings. The van der Waals surface area contributed by atoms with E-state index in [1.807, 2.05) is 13.8 Å². The van der Waals surface area contributed by atoms with Gasteiger partial charge in [0.1, 0.15) is 18.7 Å². The monoisotopic (exact) mass is 444 g/mol. The molecular weight excluding hydrogens is 419 g/mol. The molecule has 0 spiro atoms. The van der Waals surface area contributed by atoms with E-state index in [0.29, 0.717) is 13.1 Å². The summed E-state index contributed by atoms with van der Waals surface area (Å²) in [5.41, 5.74) is 0. The number of likely N-dealkylation sites (N-methyl/N-ethyl adjacent to an activating group) is 1. The van der Waals surface area contributed by atoms with Crippen molar-refractivity contribution in [2.75, 3.05) is 33.3 Å². The molecule has 1 aliphatic heterocycles. The zero-order valence-electron chi connectivity index (χ0n) is 15.9. The van der Waals surface area contributed by atoms with Crippen LogP contribution in [-0.4, -0.2) is 77.9 Å². The van der Waals surface area contributed by atoms with Crippen LogP contribution < -0.4 is 16.0 Å². The molecule has 3 atom stereocenters. The number of esters is 1. The standard InChI is InChI=1S/C16H27Cl3N4O4/c1-9(2)12(20-4)13(24)22-10(3)14(25)23-6-5-21-11(7-23)15(26)27-8-16(17,18)19/h9-12,20-21H,5-8H2,1-4H3,(H,22,24)/t10-,11-,12-/m0/s1. The molecule has 0 radical (unpaired) electrons. The molecule has 0 unspecified atom stereocenters. The maximum absolute atomic E-state index is 12.6. The van der Waals surface area contributed by atoms with Gasteiger partial charge in [-0.05, 0) is 19.9 Å². The Morgan fingerprint density at radius 2 is 1.89 bits per heavy atom. The van der Waals surface area contributed by atoms with E-state index in [-0.39, 0.29) is 30.9 Å². The summed E-state index contributed by atoms with van der Waals surface area (Å²) in [5.74, 6) is -1.05. The molecular formula is C16H27Cl3N4O4. The lowest BCUT2D eigenvalue weighted by molar-refractivity contribution is -0.149. The summed E-state index contributed by atoms with van der Waals surface area (Å²) in [6.07, 6.45) is 0. The van der Waals surface area contributed by atoms with Crippen molar-refractivity contribution in [2.45, 2.75) is 42.7 Å². The first-order valence-corrected chi connectivity index (χ1v) is 9.82. The molecule has 1 aliphatic rings. The van der Waals surface area contributed by atoms with E-state index >= 15 is 0 Å². The minimum atomic E-state index is -1.70. The van der Waals surface area contributed by atoms with E-state index in [0.717, 1.165) is 0 Å². The lowest BCUT2D eigenvalue weighted by Gasteiger charge is -2.34. The van der Waals surface area contributed by atoms with Crippen LogP contribution in [0.2, 0.25) is 0 Å². The average Bonchev–Trinajstić information content (AvgIpc) is 2.58. The van der Waals surface area contributed by atoms with E-state index in [1.165, 1.54) is 4.90 Å². The zero-order chi connectivity index (χ0) is 20.8. The molecule has 0 aliphatic carbocycles. The molecule has 2 amide bonds. The molecule has 27 heavy (non-hydrogen) atoms. The molecule has 8 nitrogen and oxygen atoms in total. The number of piperazine rings is 1. The van der Waals surface area contributed by atoms with Gasteiger partial charge in [-0.15, -0.1) is 0 Å². The van der Waals surface area contributed by atoms with Gasteiger partial charge in [-0.3, -0.25) is 14.4 Å². The molecule has 156 valence electrons. The Kier molecular flexibility index (Phi) is 9.57. The van der Waals surface area contributed by atoms with Crippen LogP contribution in [0.25, 0.3) is 0 Å². The van der Waals surface area contributed by atoms with Crippen LogP contribution in [0.5, 0.6) is 0 Å². The van der Waals surface area contributed by atoms with E-state index in [1.54, 1.807) is 14.0 Å². The van der Waals surface area contributed by atoms with E-state index in [2.05, 4.69) is 16.0 Å². The first-order valence-electron chi connectivity index (χ1n) is 8.69. The highest BCUT2D eigenvalue weighted by Gasteiger charge is 2.33. The number of amides is 2. The van der Waals surface area contributed by atoms with Crippen LogP contribution in [0.15, 0.2) is 0 Å². The lowest BCUT2D eigenvalue weighted by Crippen LogP contribution is -2.60. The molecule has 0 aromatic rings. The summed E-state index contributed by atoms with van der Waals surface area (Å²) in [7, 11) is 1.69. The summed E-state index contributed by atoms with van der Waals surface area (Å²) < 4.78 is 3.26. The van der Waals surface area contributed by atoms with Crippen LogP contribution in [0.1, 0.15) is 20.8 Å². The Balaban J connectivity index is 2.61. The SMILES string of the molecule is CN[C@H](C(=O)N[C@@H](C)C(=O)N1CCN[C@H](C(=O)OCC(Cl)(Cl)Cl)C1)C(C)C. The second-order valence-corrected chi connectivity index (χ2v) is 9.27. The Morgan fingerprint density at radius 1 is 1.26 bits per heavy atom. The van der Waals surface area contributed by atoms with Gasteiger partial charge in [-0.2, -0.15) is 0 Å². The number of hydrogen-bond donors (Lipinski definition) is 3. The van der Waals surface area contributed by atoms with Crippen molar-refractivity contribution < 1.29 is 19.1 Å². The van der Waals surface area contributed by atoms with Gasteiger partial charge in [0.2, 0.25) is 15.6 Å². The highest BCUT2D eigenvalue weighted by molar-refractivity contribution is 6.67. The normalized spacial score (nSPS) is 20.1. The number of nitrogens with one attached hydrogen (secondary N) is 3. The van der Waals surface area contributed by atoms with Crippen molar-refractivity contribution in [3.05, 3.63) is 0 Å². The van der Waals surface area contributed by atoms with E-state index < -0.39 is 27.9 Å². The van der Waals surface area contributed by atoms with E-state index in [9.17, 15) is 14.4 Å². The molecule has 11 heteroatoms. The predicted molar refractivity (Wildman–Crippen MR) is 105 cm³/mol. The van der Waals surface area contributed by atoms with Gasteiger partial charge in [0, 0.05) is 19.6 Å². The van der Waals surface area contributed by atoms with Crippen LogP contribution in [-0.2, 0) is 19.1 Å². The van der Waals surface area contributed by atoms with E-state index in [4.69, 9.17) is 39.5 Å². The first kappa shape index (κ1) is 24.2. The molecule has 0 saturated carbocycles. The lowest BCUT2D eigenvalue weighted by atomic mass is 10.0.